The molecule has 1 nitrogen and oxygen atoms in total. The Morgan fingerprint density at radius 2 is 1.85 bits per heavy atom. The van der Waals surface area contributed by atoms with Gasteiger partial charge in [0.2, 0.25) is 0 Å². The first-order valence-electron chi connectivity index (χ1n) is 4.27. The summed E-state index contributed by atoms with van der Waals surface area (Å²) in [6.45, 7) is 6.00. The number of para-hydroxylation sites is 1. The second-order valence-corrected chi connectivity index (χ2v) is 3.85. The van der Waals surface area contributed by atoms with Crippen molar-refractivity contribution in [3.05, 3.63) is 29.8 Å². The van der Waals surface area contributed by atoms with Crippen LogP contribution in [0.3, 0.4) is 0 Å². The molecular formula is C12H14O. The molecule has 1 rings (SSSR count). The fourth-order valence-corrected chi connectivity index (χ4v) is 1.00. The normalized spacial score (nSPS) is 10.6. The zero-order valence-electron chi connectivity index (χ0n) is 8.29. The minimum absolute atomic E-state index is 0.201. The Balaban J connectivity index is 2.96. The van der Waals surface area contributed by atoms with Gasteiger partial charge in [-0.15, -0.1) is 6.42 Å². The molecule has 0 heterocycles. The second kappa shape index (κ2) is 3.53. The van der Waals surface area contributed by atoms with Crippen LogP contribution < -0.4 is 4.74 Å². The average Bonchev–Trinajstić information content (AvgIpc) is 2.02. The molecule has 0 N–H and O–H groups in total. The first kappa shape index (κ1) is 9.67. The van der Waals surface area contributed by atoms with Crippen molar-refractivity contribution in [2.24, 2.45) is 0 Å². The maximum absolute atomic E-state index is 5.68. The molecule has 0 bridgehead atoms. The standard InChI is InChI=1S/C12H14O/c1-5-10-8-6-7-9-11(10)13-12(2,3)4/h1,6-9H,2-4H3. The number of rotatable bonds is 1. The molecule has 1 aromatic carbocycles. The van der Waals surface area contributed by atoms with E-state index in [1.807, 2.05) is 45.0 Å². The largest absolute Gasteiger partial charge is 0.487 e. The molecule has 13 heavy (non-hydrogen) atoms. The summed E-state index contributed by atoms with van der Waals surface area (Å²) in [6, 6.07) is 7.59. The number of hydrogen-bond acceptors (Lipinski definition) is 1. The van der Waals surface area contributed by atoms with E-state index in [2.05, 4.69) is 5.92 Å². The van der Waals surface area contributed by atoms with Gasteiger partial charge in [0.1, 0.15) is 11.4 Å². The fraction of sp³-hybridized carbons (Fsp3) is 0.333. The second-order valence-electron chi connectivity index (χ2n) is 3.85. The van der Waals surface area contributed by atoms with E-state index in [0.717, 1.165) is 11.3 Å². The minimum Gasteiger partial charge on any atom is -0.487 e. The monoisotopic (exact) mass is 174 g/mol. The van der Waals surface area contributed by atoms with Crippen LogP contribution in [0.25, 0.3) is 0 Å². The van der Waals surface area contributed by atoms with E-state index in [9.17, 15) is 0 Å². The van der Waals surface area contributed by atoms with Crippen LogP contribution in [0.15, 0.2) is 24.3 Å². The van der Waals surface area contributed by atoms with Gasteiger partial charge in [-0.1, -0.05) is 18.1 Å². The van der Waals surface area contributed by atoms with Crippen molar-refractivity contribution in [2.75, 3.05) is 0 Å². The summed E-state index contributed by atoms with van der Waals surface area (Å²) in [5.74, 6) is 3.37. The summed E-state index contributed by atoms with van der Waals surface area (Å²) in [5.41, 5.74) is 0.602. The zero-order chi connectivity index (χ0) is 9.90. The lowest BCUT2D eigenvalue weighted by Gasteiger charge is -2.21. The number of benzene rings is 1. The molecule has 0 atom stereocenters. The Bertz CT molecular complexity index is 326. The van der Waals surface area contributed by atoms with Crippen LogP contribution in [0, 0.1) is 12.3 Å². The molecular weight excluding hydrogens is 160 g/mol. The van der Waals surface area contributed by atoms with Crippen LogP contribution in [-0.2, 0) is 0 Å². The molecule has 0 aliphatic heterocycles. The van der Waals surface area contributed by atoms with Crippen molar-refractivity contribution < 1.29 is 4.74 Å². The summed E-state index contributed by atoms with van der Waals surface area (Å²) in [4.78, 5) is 0. The van der Waals surface area contributed by atoms with Gasteiger partial charge in [-0.05, 0) is 32.9 Å². The van der Waals surface area contributed by atoms with Crippen LogP contribution in [-0.4, -0.2) is 5.60 Å². The predicted octanol–water partition coefficient (Wildman–Crippen LogP) is 2.85. The molecule has 0 aromatic heterocycles. The molecule has 0 saturated carbocycles. The van der Waals surface area contributed by atoms with Gasteiger partial charge in [0, 0.05) is 0 Å². The van der Waals surface area contributed by atoms with Gasteiger partial charge in [-0.25, -0.2) is 0 Å². The average molecular weight is 174 g/mol. The molecule has 0 saturated heterocycles. The van der Waals surface area contributed by atoms with Gasteiger partial charge < -0.3 is 4.74 Å². The summed E-state index contributed by atoms with van der Waals surface area (Å²) in [5, 5.41) is 0. The molecule has 0 unspecified atom stereocenters. The Hall–Kier alpha value is -1.42. The van der Waals surface area contributed by atoms with Gasteiger partial charge in [-0.3, -0.25) is 0 Å². The molecule has 68 valence electrons. The Kier molecular flexibility index (Phi) is 2.63. The van der Waals surface area contributed by atoms with Crippen molar-refractivity contribution >= 4 is 0 Å². The molecule has 0 fully saturated rings. The summed E-state index contributed by atoms with van der Waals surface area (Å²) in [6.07, 6.45) is 5.34. The Labute approximate surface area is 79.7 Å². The molecule has 0 spiro atoms. The summed E-state index contributed by atoms with van der Waals surface area (Å²) >= 11 is 0. The van der Waals surface area contributed by atoms with Crippen LogP contribution in [0.4, 0.5) is 0 Å². The Morgan fingerprint density at radius 3 is 2.38 bits per heavy atom. The highest BCUT2D eigenvalue weighted by molar-refractivity contribution is 5.44. The maximum Gasteiger partial charge on any atom is 0.135 e. The fourth-order valence-electron chi connectivity index (χ4n) is 1.00. The Morgan fingerprint density at radius 1 is 1.23 bits per heavy atom. The predicted molar refractivity (Wildman–Crippen MR) is 54.8 cm³/mol. The van der Waals surface area contributed by atoms with Crippen LogP contribution in [0.2, 0.25) is 0 Å². The SMILES string of the molecule is C#Cc1ccccc1OC(C)(C)C. The lowest BCUT2D eigenvalue weighted by molar-refractivity contribution is 0.130. The van der Waals surface area contributed by atoms with Gasteiger partial charge >= 0.3 is 0 Å². The third kappa shape index (κ3) is 2.83. The van der Waals surface area contributed by atoms with Crippen molar-refractivity contribution in [1.29, 1.82) is 0 Å². The molecule has 0 radical (unpaired) electrons. The van der Waals surface area contributed by atoms with Crippen LogP contribution in [0.1, 0.15) is 26.3 Å². The minimum atomic E-state index is -0.201. The van der Waals surface area contributed by atoms with E-state index in [1.165, 1.54) is 0 Å². The third-order valence-electron chi connectivity index (χ3n) is 1.46. The highest BCUT2D eigenvalue weighted by Crippen LogP contribution is 2.21. The lowest BCUT2D eigenvalue weighted by Crippen LogP contribution is -2.23. The van der Waals surface area contributed by atoms with Gasteiger partial charge in [-0.2, -0.15) is 0 Å². The van der Waals surface area contributed by atoms with Gasteiger partial charge in [0.15, 0.2) is 0 Å². The first-order chi connectivity index (χ1) is 6.03. The van der Waals surface area contributed by atoms with Crippen LogP contribution >= 0.6 is 0 Å². The van der Waals surface area contributed by atoms with Gasteiger partial charge in [0.05, 0.1) is 5.56 Å². The summed E-state index contributed by atoms with van der Waals surface area (Å²) in [7, 11) is 0. The smallest absolute Gasteiger partial charge is 0.135 e. The number of hydrogen-bond donors (Lipinski definition) is 0. The van der Waals surface area contributed by atoms with E-state index in [-0.39, 0.29) is 5.60 Å². The van der Waals surface area contributed by atoms with E-state index >= 15 is 0 Å². The topological polar surface area (TPSA) is 9.23 Å². The zero-order valence-corrected chi connectivity index (χ0v) is 8.29. The maximum atomic E-state index is 5.68. The molecule has 0 aliphatic carbocycles. The van der Waals surface area contributed by atoms with E-state index in [1.54, 1.807) is 0 Å². The third-order valence-corrected chi connectivity index (χ3v) is 1.46. The van der Waals surface area contributed by atoms with Crippen molar-refractivity contribution in [3.63, 3.8) is 0 Å². The van der Waals surface area contributed by atoms with Crippen LogP contribution in [0.5, 0.6) is 5.75 Å². The molecule has 0 aliphatic rings. The van der Waals surface area contributed by atoms with E-state index in [4.69, 9.17) is 11.2 Å². The highest BCUT2D eigenvalue weighted by atomic mass is 16.5. The van der Waals surface area contributed by atoms with E-state index in [0.29, 0.717) is 0 Å². The molecule has 0 amide bonds. The van der Waals surface area contributed by atoms with Gasteiger partial charge in [0.25, 0.3) is 0 Å². The van der Waals surface area contributed by atoms with E-state index < -0.39 is 0 Å². The summed E-state index contributed by atoms with van der Waals surface area (Å²) < 4.78 is 5.68. The quantitative estimate of drug-likeness (QED) is 0.595. The molecule has 1 aromatic rings. The first-order valence-corrected chi connectivity index (χ1v) is 4.27. The highest BCUT2D eigenvalue weighted by Gasteiger charge is 2.13. The van der Waals surface area contributed by atoms with Crippen molar-refractivity contribution in [1.82, 2.24) is 0 Å². The van der Waals surface area contributed by atoms with Crippen molar-refractivity contribution in [2.45, 2.75) is 26.4 Å². The number of terminal acetylenes is 1. The van der Waals surface area contributed by atoms with Crippen molar-refractivity contribution in [3.8, 4) is 18.1 Å². The lowest BCUT2D eigenvalue weighted by atomic mass is 10.1. The number of ether oxygens (including phenoxy) is 1. The molecule has 1 heteroatoms.